The molecule has 2 aromatic rings. The third kappa shape index (κ3) is 3.48. The predicted octanol–water partition coefficient (Wildman–Crippen LogP) is 3.30. The van der Waals surface area contributed by atoms with Gasteiger partial charge in [-0.15, -0.1) is 11.3 Å². The van der Waals surface area contributed by atoms with Gasteiger partial charge in [0.15, 0.2) is 0 Å². The number of thiazole rings is 1. The van der Waals surface area contributed by atoms with E-state index in [2.05, 4.69) is 31.1 Å². The number of anilines is 2. The molecular weight excluding hydrogens is 366 g/mol. The Morgan fingerprint density at radius 3 is 2.86 bits per heavy atom. The summed E-state index contributed by atoms with van der Waals surface area (Å²) in [4.78, 5) is 19.3. The number of nitrogens with zero attached hydrogens (tertiary/aromatic N) is 2. The van der Waals surface area contributed by atoms with E-state index in [9.17, 15) is 4.79 Å². The zero-order chi connectivity index (χ0) is 15.5. The second-order valence-corrected chi connectivity index (χ2v) is 7.11. The Bertz CT molecular complexity index is 683. The maximum atomic E-state index is 12.4. The highest BCUT2D eigenvalue weighted by Crippen LogP contribution is 2.30. The Morgan fingerprint density at radius 1 is 1.41 bits per heavy atom. The molecule has 2 heterocycles. The van der Waals surface area contributed by atoms with Gasteiger partial charge in [-0.2, -0.15) is 0 Å². The van der Waals surface area contributed by atoms with Crippen molar-refractivity contribution in [1.29, 1.82) is 0 Å². The first-order chi connectivity index (χ1) is 10.6. The van der Waals surface area contributed by atoms with Crippen LogP contribution in [0.1, 0.15) is 14.7 Å². The quantitative estimate of drug-likeness (QED) is 0.885. The van der Waals surface area contributed by atoms with Crippen LogP contribution in [0, 0.1) is 6.92 Å². The number of carbonyl (C=O) groups excluding carboxylic acids is 1. The summed E-state index contributed by atoms with van der Waals surface area (Å²) in [5.74, 6) is -0.127. The summed E-state index contributed by atoms with van der Waals surface area (Å²) < 4.78 is 6.32. The molecule has 1 aromatic carbocycles. The lowest BCUT2D eigenvalue weighted by Crippen LogP contribution is -2.36. The Hall–Kier alpha value is -1.44. The van der Waals surface area contributed by atoms with Crippen molar-refractivity contribution in [3.05, 3.63) is 38.8 Å². The number of ether oxygens (including phenoxy) is 1. The van der Waals surface area contributed by atoms with E-state index in [0.717, 1.165) is 33.9 Å². The van der Waals surface area contributed by atoms with Crippen LogP contribution in [0.5, 0.6) is 0 Å². The summed E-state index contributed by atoms with van der Waals surface area (Å²) in [6.07, 6.45) is 1.61. The van der Waals surface area contributed by atoms with Gasteiger partial charge in [0.05, 0.1) is 35.8 Å². The molecule has 0 saturated carbocycles. The van der Waals surface area contributed by atoms with Crippen LogP contribution in [0.25, 0.3) is 0 Å². The largest absolute Gasteiger partial charge is 0.378 e. The van der Waals surface area contributed by atoms with Gasteiger partial charge < -0.3 is 15.0 Å². The Kier molecular flexibility index (Phi) is 4.75. The van der Waals surface area contributed by atoms with Crippen molar-refractivity contribution in [1.82, 2.24) is 4.98 Å². The van der Waals surface area contributed by atoms with Gasteiger partial charge in [0.2, 0.25) is 0 Å². The predicted molar refractivity (Wildman–Crippen MR) is 92.0 cm³/mol. The average molecular weight is 382 g/mol. The third-order valence-electron chi connectivity index (χ3n) is 3.40. The Labute approximate surface area is 141 Å². The molecule has 22 heavy (non-hydrogen) atoms. The number of nitrogens with one attached hydrogen (secondary N) is 1. The number of benzene rings is 1. The number of carbonyl (C=O) groups is 1. The minimum Gasteiger partial charge on any atom is -0.378 e. The number of rotatable bonds is 3. The lowest BCUT2D eigenvalue weighted by atomic mass is 10.2. The van der Waals surface area contributed by atoms with Gasteiger partial charge in [0, 0.05) is 17.6 Å². The molecule has 1 aliphatic heterocycles. The van der Waals surface area contributed by atoms with Crippen molar-refractivity contribution in [3.8, 4) is 0 Å². The molecule has 5 nitrogen and oxygen atoms in total. The van der Waals surface area contributed by atoms with Gasteiger partial charge in [-0.3, -0.25) is 4.79 Å². The van der Waals surface area contributed by atoms with Crippen LogP contribution in [0.15, 0.2) is 28.9 Å². The Morgan fingerprint density at radius 2 is 2.18 bits per heavy atom. The highest BCUT2D eigenvalue weighted by Gasteiger charge is 2.17. The first-order valence-corrected chi connectivity index (χ1v) is 8.60. The number of hydrogen-bond donors (Lipinski definition) is 1. The minimum absolute atomic E-state index is 0.127. The molecule has 1 aromatic heterocycles. The topological polar surface area (TPSA) is 54.5 Å². The second kappa shape index (κ2) is 6.76. The third-order valence-corrected chi connectivity index (χ3v) is 4.81. The summed E-state index contributed by atoms with van der Waals surface area (Å²) in [5, 5.41) is 3.88. The highest BCUT2D eigenvalue weighted by atomic mass is 79.9. The molecule has 0 spiro atoms. The lowest BCUT2D eigenvalue weighted by Gasteiger charge is -2.30. The molecule has 0 atom stereocenters. The molecule has 0 radical (unpaired) electrons. The fraction of sp³-hybridized carbons (Fsp3) is 0.333. The number of hydrogen-bond acceptors (Lipinski definition) is 5. The van der Waals surface area contributed by atoms with Crippen molar-refractivity contribution in [2.45, 2.75) is 6.92 Å². The molecule has 1 aliphatic rings. The molecule has 1 N–H and O–H groups in total. The zero-order valence-corrected chi connectivity index (χ0v) is 14.5. The van der Waals surface area contributed by atoms with Crippen molar-refractivity contribution >= 4 is 44.5 Å². The average Bonchev–Trinajstić information content (AvgIpc) is 2.95. The highest BCUT2D eigenvalue weighted by molar-refractivity contribution is 9.10. The van der Waals surface area contributed by atoms with Crippen LogP contribution in [-0.4, -0.2) is 37.2 Å². The van der Waals surface area contributed by atoms with Gasteiger partial charge >= 0.3 is 0 Å². The van der Waals surface area contributed by atoms with E-state index in [1.165, 1.54) is 11.3 Å². The summed E-state index contributed by atoms with van der Waals surface area (Å²) in [6, 6.07) is 5.93. The molecule has 0 aliphatic carbocycles. The second-order valence-electron chi connectivity index (χ2n) is 4.96. The summed E-state index contributed by atoms with van der Waals surface area (Å²) in [6.45, 7) is 4.95. The van der Waals surface area contributed by atoms with Crippen LogP contribution >= 0.6 is 27.3 Å². The summed E-state index contributed by atoms with van der Waals surface area (Å²) >= 11 is 4.86. The summed E-state index contributed by atoms with van der Waals surface area (Å²) in [5.41, 5.74) is 1.81. The van der Waals surface area contributed by atoms with Gasteiger partial charge in [-0.25, -0.2) is 4.98 Å². The van der Waals surface area contributed by atoms with E-state index in [4.69, 9.17) is 4.74 Å². The zero-order valence-electron chi connectivity index (χ0n) is 12.1. The van der Waals surface area contributed by atoms with Crippen molar-refractivity contribution in [2.75, 3.05) is 36.5 Å². The fourth-order valence-corrected chi connectivity index (χ4v) is 3.37. The van der Waals surface area contributed by atoms with Crippen LogP contribution in [0.3, 0.4) is 0 Å². The molecule has 1 fully saturated rings. The number of amides is 1. The monoisotopic (exact) mass is 381 g/mol. The number of aromatic nitrogens is 1. The molecule has 1 saturated heterocycles. The lowest BCUT2D eigenvalue weighted by molar-refractivity contribution is 0.103. The number of aryl methyl sites for hydroxylation is 1. The molecule has 7 heteroatoms. The van der Waals surface area contributed by atoms with E-state index < -0.39 is 0 Å². The molecule has 1 amide bonds. The first-order valence-electron chi connectivity index (χ1n) is 6.99. The normalized spacial score (nSPS) is 14.9. The molecule has 3 rings (SSSR count). The molecule has 116 valence electrons. The van der Waals surface area contributed by atoms with Crippen LogP contribution in [-0.2, 0) is 4.74 Å². The number of halogens is 1. The van der Waals surface area contributed by atoms with Gasteiger partial charge in [0.1, 0.15) is 4.88 Å². The van der Waals surface area contributed by atoms with E-state index in [1.807, 2.05) is 25.1 Å². The van der Waals surface area contributed by atoms with E-state index in [1.54, 1.807) is 6.20 Å². The van der Waals surface area contributed by atoms with E-state index >= 15 is 0 Å². The van der Waals surface area contributed by atoms with Crippen LogP contribution < -0.4 is 10.2 Å². The van der Waals surface area contributed by atoms with Gasteiger partial charge in [0.25, 0.3) is 5.91 Å². The standard InChI is InChI=1S/C15H16BrN3O2S/c1-10-17-9-14(22-10)15(20)18-12-8-11(16)2-3-13(12)19-4-6-21-7-5-19/h2-3,8-9H,4-7H2,1H3,(H,18,20). The van der Waals surface area contributed by atoms with Crippen LogP contribution in [0.4, 0.5) is 11.4 Å². The van der Waals surface area contributed by atoms with Gasteiger partial charge in [-0.05, 0) is 25.1 Å². The van der Waals surface area contributed by atoms with Crippen molar-refractivity contribution < 1.29 is 9.53 Å². The molecule has 0 unspecified atom stereocenters. The maximum absolute atomic E-state index is 12.4. The van der Waals surface area contributed by atoms with Crippen molar-refractivity contribution in [3.63, 3.8) is 0 Å². The van der Waals surface area contributed by atoms with Gasteiger partial charge in [-0.1, -0.05) is 15.9 Å². The van der Waals surface area contributed by atoms with E-state index in [0.29, 0.717) is 18.1 Å². The SMILES string of the molecule is Cc1ncc(C(=O)Nc2cc(Br)ccc2N2CCOCC2)s1. The molecular formula is C15H16BrN3O2S. The summed E-state index contributed by atoms with van der Waals surface area (Å²) in [7, 11) is 0. The van der Waals surface area contributed by atoms with E-state index in [-0.39, 0.29) is 5.91 Å². The first kappa shape index (κ1) is 15.5. The number of morpholine rings is 1. The minimum atomic E-state index is -0.127. The van der Waals surface area contributed by atoms with Crippen molar-refractivity contribution in [2.24, 2.45) is 0 Å². The smallest absolute Gasteiger partial charge is 0.267 e. The fourth-order valence-electron chi connectivity index (χ4n) is 2.34. The Balaban J connectivity index is 1.85. The molecule has 0 bridgehead atoms. The van der Waals surface area contributed by atoms with Crippen LogP contribution in [0.2, 0.25) is 0 Å². The maximum Gasteiger partial charge on any atom is 0.267 e.